The second-order valence-electron chi connectivity index (χ2n) is 7.18. The maximum Gasteiger partial charge on any atom is 0.225 e. The van der Waals surface area contributed by atoms with Crippen LogP contribution in [0.15, 0.2) is 48.5 Å². The number of aromatic nitrogens is 4. The molecular weight excluding hydrogens is 407 g/mol. The van der Waals surface area contributed by atoms with E-state index in [4.69, 9.17) is 33.9 Å². The minimum atomic E-state index is 0.435. The first kappa shape index (κ1) is 18.2. The summed E-state index contributed by atoms with van der Waals surface area (Å²) in [6.45, 7) is 0.864. The Morgan fingerprint density at radius 1 is 1.03 bits per heavy atom. The van der Waals surface area contributed by atoms with Crippen LogP contribution in [0.5, 0.6) is 0 Å². The second kappa shape index (κ2) is 7.21. The zero-order chi connectivity index (χ0) is 20.0. The van der Waals surface area contributed by atoms with Crippen LogP contribution in [0.4, 0.5) is 11.8 Å². The number of rotatable bonds is 5. The monoisotopic (exact) mass is 424 g/mol. The van der Waals surface area contributed by atoms with Crippen LogP contribution in [0.3, 0.4) is 0 Å². The molecule has 1 saturated carbocycles. The fourth-order valence-electron chi connectivity index (χ4n) is 3.27. The van der Waals surface area contributed by atoms with Crippen molar-refractivity contribution in [3.63, 3.8) is 0 Å². The van der Waals surface area contributed by atoms with Gasteiger partial charge < -0.3 is 11.1 Å². The normalized spacial score (nSPS) is 13.7. The number of nitrogens with two attached hydrogens (primary N) is 1. The minimum absolute atomic E-state index is 0.435. The molecule has 1 aliphatic carbocycles. The van der Waals surface area contributed by atoms with E-state index in [0.29, 0.717) is 44.5 Å². The number of nitrogens with one attached hydrogen (secondary N) is 1. The van der Waals surface area contributed by atoms with Crippen LogP contribution in [-0.4, -0.2) is 26.3 Å². The van der Waals surface area contributed by atoms with Crippen LogP contribution < -0.4 is 11.1 Å². The van der Waals surface area contributed by atoms with Gasteiger partial charge in [0.1, 0.15) is 5.82 Å². The molecule has 5 rings (SSSR count). The molecule has 1 fully saturated rings. The highest BCUT2D eigenvalue weighted by Crippen LogP contribution is 2.34. The van der Waals surface area contributed by atoms with E-state index in [1.165, 1.54) is 12.8 Å². The summed E-state index contributed by atoms with van der Waals surface area (Å²) in [4.78, 5) is 9.38. The molecule has 3 N–H and O–H groups in total. The smallest absolute Gasteiger partial charge is 0.225 e. The predicted octanol–water partition coefficient (Wildman–Crippen LogP) is 5.19. The highest BCUT2D eigenvalue weighted by Gasteiger charge is 2.23. The standard InChI is InChI=1S/C21H18Cl2N6/c22-15-9-8-14(10-16(15)23)29-19(24)17-18(13-4-2-1-3-5-13)26-21(27-20(17)28-29)25-11-12-6-7-12/h1-5,8-10,12H,6-7,11,24H2,(H,25,27,28). The average molecular weight is 425 g/mol. The van der Waals surface area contributed by atoms with E-state index in [0.717, 1.165) is 17.8 Å². The molecule has 8 heteroatoms. The third kappa shape index (κ3) is 3.50. The summed E-state index contributed by atoms with van der Waals surface area (Å²) >= 11 is 12.2. The van der Waals surface area contributed by atoms with E-state index < -0.39 is 0 Å². The van der Waals surface area contributed by atoms with Gasteiger partial charge in [-0.15, -0.1) is 5.10 Å². The van der Waals surface area contributed by atoms with Gasteiger partial charge in [0.25, 0.3) is 0 Å². The number of nitrogen functional groups attached to an aromatic ring is 1. The lowest BCUT2D eigenvalue weighted by Crippen LogP contribution is -2.07. The highest BCUT2D eigenvalue weighted by molar-refractivity contribution is 6.42. The van der Waals surface area contributed by atoms with Crippen LogP contribution in [0.1, 0.15) is 12.8 Å². The summed E-state index contributed by atoms with van der Waals surface area (Å²) in [6, 6.07) is 15.2. The molecule has 29 heavy (non-hydrogen) atoms. The van der Waals surface area contributed by atoms with Crippen LogP contribution in [0.25, 0.3) is 28.0 Å². The van der Waals surface area contributed by atoms with E-state index in [1.54, 1.807) is 16.8 Å². The zero-order valence-corrected chi connectivity index (χ0v) is 17.0. The Morgan fingerprint density at radius 3 is 2.55 bits per heavy atom. The Bertz CT molecular complexity index is 1200. The summed E-state index contributed by atoms with van der Waals surface area (Å²) < 4.78 is 1.62. The van der Waals surface area contributed by atoms with Gasteiger partial charge in [0.2, 0.25) is 5.95 Å². The van der Waals surface area contributed by atoms with Crippen LogP contribution in [-0.2, 0) is 0 Å². The lowest BCUT2D eigenvalue weighted by molar-refractivity contribution is 0.872. The number of hydrogen-bond acceptors (Lipinski definition) is 5. The molecule has 0 radical (unpaired) electrons. The number of benzene rings is 2. The maximum absolute atomic E-state index is 6.50. The Hall–Kier alpha value is -2.83. The van der Waals surface area contributed by atoms with Gasteiger partial charge in [0.05, 0.1) is 26.8 Å². The van der Waals surface area contributed by atoms with Crippen molar-refractivity contribution in [3.8, 4) is 16.9 Å². The number of nitrogens with zero attached hydrogens (tertiary/aromatic N) is 4. The molecule has 146 valence electrons. The molecule has 0 spiro atoms. The topological polar surface area (TPSA) is 81.7 Å². The Labute approximate surface area is 177 Å². The lowest BCUT2D eigenvalue weighted by Gasteiger charge is -2.08. The molecule has 0 atom stereocenters. The lowest BCUT2D eigenvalue weighted by atomic mass is 10.1. The summed E-state index contributed by atoms with van der Waals surface area (Å²) in [5.41, 5.74) is 9.44. The van der Waals surface area contributed by atoms with Gasteiger partial charge in [-0.05, 0) is 37.0 Å². The Balaban J connectivity index is 1.69. The van der Waals surface area contributed by atoms with Gasteiger partial charge in [-0.3, -0.25) is 0 Å². The third-order valence-corrected chi connectivity index (χ3v) is 5.75. The molecule has 0 saturated heterocycles. The molecule has 0 unspecified atom stereocenters. The predicted molar refractivity (Wildman–Crippen MR) is 118 cm³/mol. The van der Waals surface area contributed by atoms with Crippen molar-refractivity contribution in [3.05, 3.63) is 58.6 Å². The van der Waals surface area contributed by atoms with E-state index >= 15 is 0 Å². The van der Waals surface area contributed by atoms with Crippen LogP contribution >= 0.6 is 23.2 Å². The molecule has 6 nitrogen and oxygen atoms in total. The number of anilines is 2. The van der Waals surface area contributed by atoms with Crippen molar-refractivity contribution in [2.75, 3.05) is 17.6 Å². The fraction of sp³-hybridized carbons (Fsp3) is 0.190. The highest BCUT2D eigenvalue weighted by atomic mass is 35.5. The summed E-state index contributed by atoms with van der Waals surface area (Å²) in [6.07, 6.45) is 2.50. The van der Waals surface area contributed by atoms with E-state index in [1.807, 2.05) is 36.4 Å². The zero-order valence-electron chi connectivity index (χ0n) is 15.4. The fourth-order valence-corrected chi connectivity index (χ4v) is 3.56. The first-order valence-electron chi connectivity index (χ1n) is 9.41. The third-order valence-electron chi connectivity index (χ3n) is 5.01. The van der Waals surface area contributed by atoms with E-state index in [-0.39, 0.29) is 0 Å². The molecule has 1 aliphatic rings. The minimum Gasteiger partial charge on any atom is -0.383 e. The van der Waals surface area contributed by atoms with Crippen LogP contribution in [0.2, 0.25) is 10.0 Å². The maximum atomic E-state index is 6.50. The number of halogens is 2. The summed E-state index contributed by atoms with van der Waals surface area (Å²) in [5.74, 6) is 1.71. The molecule has 0 amide bonds. The van der Waals surface area contributed by atoms with Gasteiger partial charge in [-0.2, -0.15) is 4.98 Å². The Morgan fingerprint density at radius 2 is 1.83 bits per heavy atom. The van der Waals surface area contributed by atoms with Crippen molar-refractivity contribution in [1.82, 2.24) is 19.7 Å². The molecule has 2 heterocycles. The SMILES string of the molecule is Nc1c2c(-c3ccccc3)nc(NCC3CC3)nc2nn1-c1ccc(Cl)c(Cl)c1. The number of fused-ring (bicyclic) bond motifs is 1. The molecule has 4 aromatic rings. The van der Waals surface area contributed by atoms with Gasteiger partial charge in [-0.25, -0.2) is 9.67 Å². The van der Waals surface area contributed by atoms with Crippen molar-refractivity contribution >= 4 is 46.0 Å². The van der Waals surface area contributed by atoms with Gasteiger partial charge in [0.15, 0.2) is 5.65 Å². The van der Waals surface area contributed by atoms with Crippen molar-refractivity contribution in [1.29, 1.82) is 0 Å². The van der Waals surface area contributed by atoms with Crippen LogP contribution in [0, 0.1) is 5.92 Å². The number of hydrogen-bond donors (Lipinski definition) is 2. The second-order valence-corrected chi connectivity index (χ2v) is 7.99. The molecule has 0 bridgehead atoms. The van der Waals surface area contributed by atoms with Crippen molar-refractivity contribution in [2.45, 2.75) is 12.8 Å². The molecular formula is C21H18Cl2N6. The average Bonchev–Trinajstić information content (AvgIpc) is 3.51. The quantitative estimate of drug-likeness (QED) is 0.460. The Kier molecular flexibility index (Phi) is 4.53. The molecule has 2 aromatic carbocycles. The van der Waals surface area contributed by atoms with E-state index in [9.17, 15) is 0 Å². The van der Waals surface area contributed by atoms with Gasteiger partial charge in [-0.1, -0.05) is 53.5 Å². The summed E-state index contributed by atoms with van der Waals surface area (Å²) in [5, 5.41) is 9.60. The summed E-state index contributed by atoms with van der Waals surface area (Å²) in [7, 11) is 0. The molecule has 2 aromatic heterocycles. The van der Waals surface area contributed by atoms with Gasteiger partial charge in [0, 0.05) is 12.1 Å². The van der Waals surface area contributed by atoms with Gasteiger partial charge >= 0.3 is 0 Å². The first-order valence-corrected chi connectivity index (χ1v) is 10.2. The van der Waals surface area contributed by atoms with Crippen molar-refractivity contribution < 1.29 is 0 Å². The van der Waals surface area contributed by atoms with Crippen molar-refractivity contribution in [2.24, 2.45) is 5.92 Å². The van der Waals surface area contributed by atoms with E-state index in [2.05, 4.69) is 15.4 Å². The molecule has 0 aliphatic heterocycles. The first-order chi connectivity index (χ1) is 14.1. The largest absolute Gasteiger partial charge is 0.383 e.